The zero-order valence-corrected chi connectivity index (χ0v) is 15.6. The summed E-state index contributed by atoms with van der Waals surface area (Å²) in [6.07, 6.45) is -1.78. The van der Waals surface area contributed by atoms with Crippen molar-refractivity contribution in [2.75, 3.05) is 18.5 Å². The zero-order chi connectivity index (χ0) is 20.9. The standard InChI is InChI=1S/C20H19F2NO6/c1-2-3-10-26-15-7-4-13(5-8-15)19(25)27-12-18(24)23-14-6-9-16-17(11-14)29-20(21,22)28-16/h4-9,11H,2-3,10,12H2,1H3,(H,23,24). The van der Waals surface area contributed by atoms with Crippen LogP contribution in [0.1, 0.15) is 30.1 Å². The Labute approximate surface area is 165 Å². The Bertz CT molecular complexity index is 885. The molecule has 1 heterocycles. The van der Waals surface area contributed by atoms with Gasteiger partial charge in [0.25, 0.3) is 5.91 Å². The molecule has 1 amide bonds. The molecule has 1 N–H and O–H groups in total. The molecule has 1 aliphatic heterocycles. The van der Waals surface area contributed by atoms with Gasteiger partial charge in [-0.05, 0) is 42.8 Å². The van der Waals surface area contributed by atoms with E-state index in [2.05, 4.69) is 21.7 Å². The van der Waals surface area contributed by atoms with E-state index in [1.54, 1.807) is 24.3 Å². The number of benzene rings is 2. The summed E-state index contributed by atoms with van der Waals surface area (Å²) in [5.74, 6) is -1.01. The predicted octanol–water partition coefficient (Wildman–Crippen LogP) is 3.98. The number of amides is 1. The quantitative estimate of drug-likeness (QED) is 0.526. The van der Waals surface area contributed by atoms with Crippen LogP contribution in [0.3, 0.4) is 0 Å². The molecule has 0 saturated carbocycles. The van der Waals surface area contributed by atoms with Crippen molar-refractivity contribution in [3.63, 3.8) is 0 Å². The van der Waals surface area contributed by atoms with Crippen molar-refractivity contribution in [3.8, 4) is 17.2 Å². The summed E-state index contributed by atoms with van der Waals surface area (Å²) in [5, 5.41) is 2.43. The number of nitrogens with one attached hydrogen (secondary N) is 1. The first-order valence-electron chi connectivity index (χ1n) is 8.96. The van der Waals surface area contributed by atoms with Gasteiger partial charge in [0.2, 0.25) is 0 Å². The van der Waals surface area contributed by atoms with E-state index in [4.69, 9.17) is 9.47 Å². The van der Waals surface area contributed by atoms with Crippen LogP contribution in [0.4, 0.5) is 14.5 Å². The van der Waals surface area contributed by atoms with Crippen LogP contribution in [0.2, 0.25) is 0 Å². The highest BCUT2D eigenvalue weighted by atomic mass is 19.3. The Morgan fingerprint density at radius 3 is 2.52 bits per heavy atom. The van der Waals surface area contributed by atoms with E-state index < -0.39 is 24.8 Å². The van der Waals surface area contributed by atoms with Crippen LogP contribution in [0.25, 0.3) is 0 Å². The molecular weight excluding hydrogens is 388 g/mol. The molecule has 1 aliphatic rings. The molecule has 0 unspecified atom stereocenters. The van der Waals surface area contributed by atoms with Crippen LogP contribution in [0.15, 0.2) is 42.5 Å². The number of carbonyl (C=O) groups is 2. The van der Waals surface area contributed by atoms with Crippen molar-refractivity contribution in [1.82, 2.24) is 0 Å². The Morgan fingerprint density at radius 1 is 1.07 bits per heavy atom. The largest absolute Gasteiger partial charge is 0.586 e. The lowest BCUT2D eigenvalue weighted by molar-refractivity contribution is -0.286. The first-order chi connectivity index (χ1) is 13.9. The number of rotatable bonds is 8. The molecule has 0 atom stereocenters. The second kappa shape index (κ2) is 8.76. The number of alkyl halides is 2. The molecule has 7 nitrogen and oxygen atoms in total. The topological polar surface area (TPSA) is 83.1 Å². The van der Waals surface area contributed by atoms with E-state index >= 15 is 0 Å². The van der Waals surface area contributed by atoms with Crippen molar-refractivity contribution in [2.45, 2.75) is 26.1 Å². The highest BCUT2D eigenvalue weighted by Crippen LogP contribution is 2.42. The van der Waals surface area contributed by atoms with Crippen LogP contribution in [0.5, 0.6) is 17.2 Å². The maximum Gasteiger partial charge on any atom is 0.586 e. The fraction of sp³-hybridized carbons (Fsp3) is 0.300. The summed E-state index contributed by atoms with van der Waals surface area (Å²) < 4.78 is 45.1. The number of ether oxygens (including phenoxy) is 4. The molecule has 154 valence electrons. The molecule has 2 aromatic rings. The molecule has 29 heavy (non-hydrogen) atoms. The summed E-state index contributed by atoms with van der Waals surface area (Å²) in [4.78, 5) is 24.0. The van der Waals surface area contributed by atoms with Crippen LogP contribution < -0.4 is 19.5 Å². The fourth-order valence-electron chi connectivity index (χ4n) is 2.46. The average Bonchev–Trinajstić information content (AvgIpc) is 3.00. The third-order valence-electron chi connectivity index (χ3n) is 3.88. The number of halogens is 2. The number of fused-ring (bicyclic) bond motifs is 1. The Balaban J connectivity index is 1.48. The van der Waals surface area contributed by atoms with E-state index in [1.807, 2.05) is 0 Å². The van der Waals surface area contributed by atoms with Crippen molar-refractivity contribution in [2.24, 2.45) is 0 Å². The van der Waals surface area contributed by atoms with E-state index in [9.17, 15) is 18.4 Å². The number of anilines is 1. The lowest BCUT2D eigenvalue weighted by atomic mass is 10.2. The first kappa shape index (κ1) is 20.4. The van der Waals surface area contributed by atoms with Gasteiger partial charge in [-0.25, -0.2) is 4.79 Å². The van der Waals surface area contributed by atoms with E-state index in [0.29, 0.717) is 12.4 Å². The molecule has 0 aliphatic carbocycles. The molecule has 3 rings (SSSR count). The Hall–Kier alpha value is -3.36. The van der Waals surface area contributed by atoms with Crippen LogP contribution in [-0.2, 0) is 9.53 Å². The summed E-state index contributed by atoms with van der Waals surface area (Å²) in [5.41, 5.74) is 0.464. The zero-order valence-electron chi connectivity index (χ0n) is 15.6. The minimum atomic E-state index is -3.74. The third kappa shape index (κ3) is 5.56. The molecule has 2 aromatic carbocycles. The molecule has 9 heteroatoms. The summed E-state index contributed by atoms with van der Waals surface area (Å²) in [6.45, 7) is 2.11. The Kier molecular flexibility index (Phi) is 6.16. The second-order valence-corrected chi connectivity index (χ2v) is 6.18. The van der Waals surface area contributed by atoms with Gasteiger partial charge in [0.15, 0.2) is 18.1 Å². The predicted molar refractivity (Wildman–Crippen MR) is 98.4 cm³/mol. The SMILES string of the molecule is CCCCOc1ccc(C(=O)OCC(=O)Nc2ccc3c(c2)OC(F)(F)O3)cc1. The lowest BCUT2D eigenvalue weighted by Gasteiger charge is -2.08. The van der Waals surface area contributed by atoms with E-state index in [0.717, 1.165) is 12.8 Å². The summed E-state index contributed by atoms with van der Waals surface area (Å²) in [6, 6.07) is 10.2. The summed E-state index contributed by atoms with van der Waals surface area (Å²) >= 11 is 0. The van der Waals surface area contributed by atoms with Gasteiger partial charge < -0.3 is 24.3 Å². The normalized spacial score (nSPS) is 13.6. The van der Waals surface area contributed by atoms with Crippen molar-refractivity contribution >= 4 is 17.6 Å². The van der Waals surface area contributed by atoms with Gasteiger partial charge in [-0.1, -0.05) is 13.3 Å². The molecule has 0 spiro atoms. The Morgan fingerprint density at radius 2 is 1.79 bits per heavy atom. The van der Waals surface area contributed by atoms with Crippen molar-refractivity contribution in [1.29, 1.82) is 0 Å². The van der Waals surface area contributed by atoms with E-state index in [-0.39, 0.29) is 22.7 Å². The van der Waals surface area contributed by atoms with E-state index in [1.165, 1.54) is 18.2 Å². The first-order valence-corrected chi connectivity index (χ1v) is 8.96. The fourth-order valence-corrected chi connectivity index (χ4v) is 2.46. The van der Waals surface area contributed by atoms with Gasteiger partial charge >= 0.3 is 12.3 Å². The monoisotopic (exact) mass is 407 g/mol. The van der Waals surface area contributed by atoms with Crippen LogP contribution in [-0.4, -0.2) is 31.4 Å². The lowest BCUT2D eigenvalue weighted by Crippen LogP contribution is -2.25. The maximum atomic E-state index is 13.0. The van der Waals surface area contributed by atoms with Gasteiger partial charge in [-0.2, -0.15) is 0 Å². The van der Waals surface area contributed by atoms with Gasteiger partial charge in [0, 0.05) is 11.8 Å². The molecule has 0 fully saturated rings. The van der Waals surface area contributed by atoms with Crippen molar-refractivity contribution in [3.05, 3.63) is 48.0 Å². The highest BCUT2D eigenvalue weighted by Gasteiger charge is 2.43. The molecule has 0 saturated heterocycles. The van der Waals surface area contributed by atoms with Crippen LogP contribution in [0, 0.1) is 0 Å². The molecule has 0 radical (unpaired) electrons. The minimum Gasteiger partial charge on any atom is -0.494 e. The number of hydrogen-bond donors (Lipinski definition) is 1. The van der Waals surface area contributed by atoms with Gasteiger partial charge in [-0.15, -0.1) is 8.78 Å². The van der Waals surface area contributed by atoms with Crippen molar-refractivity contribution < 1.29 is 37.3 Å². The van der Waals surface area contributed by atoms with Gasteiger partial charge in [0.1, 0.15) is 5.75 Å². The number of carbonyl (C=O) groups excluding carboxylic acids is 2. The maximum absolute atomic E-state index is 13.0. The number of hydrogen-bond acceptors (Lipinski definition) is 6. The average molecular weight is 407 g/mol. The molecular formula is C20H19F2NO6. The van der Waals surface area contributed by atoms with Crippen LogP contribution >= 0.6 is 0 Å². The molecule has 0 bridgehead atoms. The smallest absolute Gasteiger partial charge is 0.494 e. The van der Waals surface area contributed by atoms with Gasteiger partial charge in [-0.3, -0.25) is 4.79 Å². The highest BCUT2D eigenvalue weighted by molar-refractivity contribution is 5.95. The third-order valence-corrected chi connectivity index (χ3v) is 3.88. The number of esters is 1. The molecule has 0 aromatic heterocycles. The second-order valence-electron chi connectivity index (χ2n) is 6.18. The summed E-state index contributed by atoms with van der Waals surface area (Å²) in [7, 11) is 0. The van der Waals surface area contributed by atoms with Gasteiger partial charge in [0.05, 0.1) is 12.2 Å². The minimum absolute atomic E-state index is 0.137. The number of unbranched alkanes of at least 4 members (excludes halogenated alkanes) is 1.